The third-order valence-corrected chi connectivity index (χ3v) is 2.76. The number of alkyl halides is 3. The van der Waals surface area contributed by atoms with Crippen LogP contribution in [0.3, 0.4) is 0 Å². The minimum absolute atomic E-state index is 0.00444. The van der Waals surface area contributed by atoms with Gasteiger partial charge >= 0.3 is 6.36 Å². The third kappa shape index (κ3) is 4.60. The van der Waals surface area contributed by atoms with Crippen LogP contribution < -0.4 is 14.8 Å². The Bertz CT molecular complexity index is 699. The molecule has 0 aliphatic heterocycles. The molecule has 2 aromatic rings. The van der Waals surface area contributed by atoms with Crippen LogP contribution in [0.5, 0.6) is 11.5 Å². The summed E-state index contributed by atoms with van der Waals surface area (Å²) in [4.78, 5) is 11.9. The van der Waals surface area contributed by atoms with Crippen molar-refractivity contribution in [1.82, 2.24) is 0 Å². The van der Waals surface area contributed by atoms with Gasteiger partial charge in [0.2, 0.25) is 0 Å². The summed E-state index contributed by atoms with van der Waals surface area (Å²) in [7, 11) is 1.29. The van der Waals surface area contributed by atoms with E-state index in [4.69, 9.17) is 4.74 Å². The van der Waals surface area contributed by atoms with Crippen LogP contribution in [0.2, 0.25) is 0 Å². The summed E-state index contributed by atoms with van der Waals surface area (Å²) in [5, 5.41) is 2.43. The molecule has 8 heteroatoms. The van der Waals surface area contributed by atoms with E-state index in [1.54, 1.807) is 0 Å². The Morgan fingerprint density at radius 2 is 1.74 bits per heavy atom. The quantitative estimate of drug-likeness (QED) is 0.863. The van der Waals surface area contributed by atoms with Gasteiger partial charge in [-0.25, -0.2) is 4.39 Å². The second-order valence-corrected chi connectivity index (χ2v) is 4.38. The fraction of sp³-hybridized carbons (Fsp3) is 0.133. The molecule has 0 unspecified atom stereocenters. The van der Waals surface area contributed by atoms with Crippen molar-refractivity contribution >= 4 is 11.6 Å². The van der Waals surface area contributed by atoms with Crippen molar-refractivity contribution in [2.24, 2.45) is 0 Å². The lowest BCUT2D eigenvalue weighted by Gasteiger charge is -2.10. The first kappa shape index (κ1) is 16.6. The van der Waals surface area contributed by atoms with Crippen LogP contribution in [-0.2, 0) is 0 Å². The van der Waals surface area contributed by atoms with Gasteiger partial charge < -0.3 is 14.8 Å². The predicted molar refractivity (Wildman–Crippen MR) is 74.0 cm³/mol. The molecule has 0 aliphatic rings. The largest absolute Gasteiger partial charge is 0.573 e. The number of anilines is 1. The fourth-order valence-corrected chi connectivity index (χ4v) is 1.75. The van der Waals surface area contributed by atoms with Crippen molar-refractivity contribution in [2.75, 3.05) is 12.4 Å². The lowest BCUT2D eigenvalue weighted by Crippen LogP contribution is -2.17. The Hall–Kier alpha value is -2.77. The molecule has 0 saturated heterocycles. The maximum atomic E-state index is 13.5. The molecule has 0 spiro atoms. The van der Waals surface area contributed by atoms with Crippen LogP contribution in [0.15, 0.2) is 42.5 Å². The van der Waals surface area contributed by atoms with E-state index in [-0.39, 0.29) is 17.0 Å². The van der Waals surface area contributed by atoms with E-state index in [2.05, 4.69) is 10.1 Å². The van der Waals surface area contributed by atoms with Crippen molar-refractivity contribution in [3.05, 3.63) is 53.8 Å². The Morgan fingerprint density at radius 3 is 2.26 bits per heavy atom. The summed E-state index contributed by atoms with van der Waals surface area (Å²) in [5.41, 5.74) is 0.277. The smallest absolute Gasteiger partial charge is 0.494 e. The molecule has 1 N–H and O–H groups in total. The summed E-state index contributed by atoms with van der Waals surface area (Å²) in [6.45, 7) is 0. The Balaban J connectivity index is 2.07. The van der Waals surface area contributed by atoms with Crippen molar-refractivity contribution in [3.8, 4) is 11.5 Å². The maximum absolute atomic E-state index is 13.5. The molecular weight excluding hydrogens is 318 g/mol. The molecule has 2 rings (SSSR count). The molecule has 0 radical (unpaired) electrons. The molecule has 0 heterocycles. The summed E-state index contributed by atoms with van der Waals surface area (Å²) in [6.07, 6.45) is -4.79. The SMILES string of the molecule is COc1ccc(C(=O)Nc2ccc(OC(F)(F)F)cc2)cc1F. The average molecular weight is 329 g/mol. The van der Waals surface area contributed by atoms with Gasteiger partial charge in [0.1, 0.15) is 5.75 Å². The topological polar surface area (TPSA) is 47.6 Å². The van der Waals surface area contributed by atoms with Gasteiger partial charge in [0.05, 0.1) is 7.11 Å². The number of hydrogen-bond donors (Lipinski definition) is 1. The number of rotatable bonds is 4. The van der Waals surface area contributed by atoms with Crippen molar-refractivity contribution < 1.29 is 31.8 Å². The third-order valence-electron chi connectivity index (χ3n) is 2.76. The summed E-state index contributed by atoms with van der Waals surface area (Å²) < 4.78 is 58.1. The number of nitrogens with one attached hydrogen (secondary N) is 1. The monoisotopic (exact) mass is 329 g/mol. The van der Waals surface area contributed by atoms with Gasteiger partial charge in [0.15, 0.2) is 11.6 Å². The van der Waals surface area contributed by atoms with Gasteiger partial charge in [-0.1, -0.05) is 0 Å². The number of methoxy groups -OCH3 is 1. The number of carbonyl (C=O) groups is 1. The first-order chi connectivity index (χ1) is 10.8. The highest BCUT2D eigenvalue weighted by atomic mass is 19.4. The van der Waals surface area contributed by atoms with Crippen LogP contribution in [0.25, 0.3) is 0 Å². The van der Waals surface area contributed by atoms with Gasteiger partial charge in [-0.2, -0.15) is 0 Å². The van der Waals surface area contributed by atoms with Crippen molar-refractivity contribution in [2.45, 2.75) is 6.36 Å². The van der Waals surface area contributed by atoms with Crippen molar-refractivity contribution in [1.29, 1.82) is 0 Å². The normalized spacial score (nSPS) is 11.0. The van der Waals surface area contributed by atoms with Crippen LogP contribution >= 0.6 is 0 Å². The Labute approximate surface area is 128 Å². The lowest BCUT2D eigenvalue weighted by molar-refractivity contribution is -0.274. The molecule has 0 saturated carbocycles. The maximum Gasteiger partial charge on any atom is 0.573 e. The zero-order valence-corrected chi connectivity index (χ0v) is 11.8. The zero-order valence-electron chi connectivity index (χ0n) is 11.8. The van der Waals surface area contributed by atoms with Crippen LogP contribution in [0.4, 0.5) is 23.2 Å². The first-order valence-corrected chi connectivity index (χ1v) is 6.29. The van der Waals surface area contributed by atoms with Gasteiger partial charge in [0, 0.05) is 11.3 Å². The van der Waals surface area contributed by atoms with E-state index >= 15 is 0 Å². The number of carbonyl (C=O) groups excluding carboxylic acids is 1. The molecule has 0 bridgehead atoms. The number of halogens is 4. The van der Waals surface area contributed by atoms with Crippen LogP contribution in [0.1, 0.15) is 10.4 Å². The molecule has 2 aromatic carbocycles. The second-order valence-electron chi connectivity index (χ2n) is 4.38. The van der Waals surface area contributed by atoms with E-state index in [1.807, 2.05) is 0 Å². The Kier molecular flexibility index (Phi) is 4.73. The number of ether oxygens (including phenoxy) is 2. The minimum Gasteiger partial charge on any atom is -0.494 e. The van der Waals surface area contributed by atoms with Crippen LogP contribution in [0, 0.1) is 5.82 Å². The molecule has 0 fully saturated rings. The molecular formula is C15H11F4NO3. The number of amides is 1. The van der Waals surface area contributed by atoms with Crippen LogP contribution in [-0.4, -0.2) is 19.4 Å². The molecule has 23 heavy (non-hydrogen) atoms. The molecule has 0 aliphatic carbocycles. The highest BCUT2D eigenvalue weighted by Gasteiger charge is 2.30. The molecule has 4 nitrogen and oxygen atoms in total. The molecule has 122 valence electrons. The average Bonchev–Trinajstić information content (AvgIpc) is 2.47. The molecule has 1 amide bonds. The van der Waals surface area contributed by atoms with E-state index in [0.29, 0.717) is 0 Å². The first-order valence-electron chi connectivity index (χ1n) is 6.29. The van der Waals surface area contributed by atoms with E-state index in [0.717, 1.165) is 18.2 Å². The van der Waals surface area contributed by atoms with Gasteiger partial charge in [-0.3, -0.25) is 4.79 Å². The highest BCUT2D eigenvalue weighted by molar-refractivity contribution is 6.04. The van der Waals surface area contributed by atoms with Crippen molar-refractivity contribution in [3.63, 3.8) is 0 Å². The number of benzene rings is 2. The van der Waals surface area contributed by atoms with E-state index < -0.39 is 23.8 Å². The summed E-state index contributed by atoms with van der Waals surface area (Å²) >= 11 is 0. The standard InChI is InChI=1S/C15H11F4NO3/c1-22-13-7-2-9(8-12(13)16)14(21)20-10-3-5-11(6-4-10)23-15(17,18)19/h2-8H,1H3,(H,20,21). The van der Waals surface area contributed by atoms with Gasteiger partial charge in [-0.15, -0.1) is 13.2 Å². The minimum atomic E-state index is -4.79. The fourth-order valence-electron chi connectivity index (χ4n) is 1.75. The zero-order chi connectivity index (χ0) is 17.0. The predicted octanol–water partition coefficient (Wildman–Crippen LogP) is 3.99. The van der Waals surface area contributed by atoms with Gasteiger partial charge in [-0.05, 0) is 42.5 Å². The molecule has 0 aromatic heterocycles. The van der Waals surface area contributed by atoms with Gasteiger partial charge in [0.25, 0.3) is 5.91 Å². The number of hydrogen-bond acceptors (Lipinski definition) is 3. The Morgan fingerprint density at radius 1 is 1.09 bits per heavy atom. The summed E-state index contributed by atoms with van der Waals surface area (Å²) in [5.74, 6) is -1.73. The van der Waals surface area contributed by atoms with E-state index in [9.17, 15) is 22.4 Å². The summed E-state index contributed by atoms with van der Waals surface area (Å²) in [6, 6.07) is 8.23. The lowest BCUT2D eigenvalue weighted by atomic mass is 10.2. The highest BCUT2D eigenvalue weighted by Crippen LogP contribution is 2.24. The van der Waals surface area contributed by atoms with E-state index in [1.165, 1.54) is 31.4 Å². The molecule has 0 atom stereocenters. The second kappa shape index (κ2) is 6.55.